The number of fused-ring (bicyclic) bond motifs is 1. The Morgan fingerprint density at radius 1 is 1.37 bits per heavy atom. The summed E-state index contributed by atoms with van der Waals surface area (Å²) in [4.78, 5) is 13.0. The van der Waals surface area contributed by atoms with Crippen LogP contribution in [0.15, 0.2) is 18.2 Å². The maximum absolute atomic E-state index is 11.2. The average molecular weight is 263 g/mol. The summed E-state index contributed by atoms with van der Waals surface area (Å²) in [7, 11) is 1.52. The first-order valence-electron chi connectivity index (χ1n) is 6.47. The van der Waals surface area contributed by atoms with Gasteiger partial charge in [0.05, 0.1) is 18.1 Å². The van der Waals surface area contributed by atoms with E-state index in [9.17, 15) is 10.1 Å². The van der Waals surface area contributed by atoms with Crippen LogP contribution in [0.1, 0.15) is 0 Å². The van der Waals surface area contributed by atoms with Crippen molar-refractivity contribution in [3.05, 3.63) is 28.3 Å². The standard InChI is InChI=1S/C13H17N3O3/c1-19-11-2-3-12(13(4-11)16(17)18)15-7-9-5-14-6-10(9)8-15/h2-4,9-10,14H,5-8H2,1H3/t9-,10+. The van der Waals surface area contributed by atoms with Gasteiger partial charge in [0, 0.05) is 26.2 Å². The number of nitro benzene ring substituents is 1. The van der Waals surface area contributed by atoms with E-state index in [0.717, 1.165) is 26.2 Å². The molecule has 19 heavy (non-hydrogen) atoms. The van der Waals surface area contributed by atoms with Crippen molar-refractivity contribution in [2.45, 2.75) is 0 Å². The van der Waals surface area contributed by atoms with Crippen LogP contribution in [-0.4, -0.2) is 38.2 Å². The third-order valence-corrected chi connectivity index (χ3v) is 4.11. The second-order valence-corrected chi connectivity index (χ2v) is 5.20. The Morgan fingerprint density at radius 3 is 2.63 bits per heavy atom. The highest BCUT2D eigenvalue weighted by molar-refractivity contribution is 5.66. The van der Waals surface area contributed by atoms with E-state index < -0.39 is 0 Å². The lowest BCUT2D eigenvalue weighted by Crippen LogP contribution is -2.26. The Labute approximate surface area is 111 Å². The van der Waals surface area contributed by atoms with Crippen LogP contribution in [-0.2, 0) is 0 Å². The van der Waals surface area contributed by atoms with Crippen molar-refractivity contribution in [1.29, 1.82) is 0 Å². The van der Waals surface area contributed by atoms with E-state index >= 15 is 0 Å². The number of nitro groups is 1. The van der Waals surface area contributed by atoms with Gasteiger partial charge >= 0.3 is 0 Å². The van der Waals surface area contributed by atoms with Crippen LogP contribution in [0.5, 0.6) is 5.75 Å². The zero-order valence-corrected chi connectivity index (χ0v) is 10.8. The molecule has 1 aromatic carbocycles. The van der Waals surface area contributed by atoms with E-state index in [-0.39, 0.29) is 10.6 Å². The molecule has 1 aromatic rings. The second kappa shape index (κ2) is 4.70. The Morgan fingerprint density at radius 2 is 2.05 bits per heavy atom. The van der Waals surface area contributed by atoms with E-state index in [4.69, 9.17) is 4.74 Å². The predicted molar refractivity (Wildman–Crippen MR) is 71.7 cm³/mol. The molecule has 2 heterocycles. The lowest BCUT2D eigenvalue weighted by molar-refractivity contribution is -0.384. The third kappa shape index (κ3) is 2.12. The number of anilines is 1. The molecule has 2 saturated heterocycles. The van der Waals surface area contributed by atoms with Crippen molar-refractivity contribution in [3.63, 3.8) is 0 Å². The number of nitrogens with zero attached hydrogens (tertiary/aromatic N) is 2. The number of benzene rings is 1. The molecule has 1 N–H and O–H groups in total. The summed E-state index contributed by atoms with van der Waals surface area (Å²) >= 11 is 0. The van der Waals surface area contributed by atoms with Crippen molar-refractivity contribution in [2.75, 3.05) is 38.2 Å². The van der Waals surface area contributed by atoms with Crippen LogP contribution in [0.2, 0.25) is 0 Å². The van der Waals surface area contributed by atoms with E-state index in [0.29, 0.717) is 23.3 Å². The van der Waals surface area contributed by atoms with Crippen molar-refractivity contribution in [2.24, 2.45) is 11.8 Å². The first kappa shape index (κ1) is 12.2. The van der Waals surface area contributed by atoms with Gasteiger partial charge in [-0.25, -0.2) is 0 Å². The van der Waals surface area contributed by atoms with Gasteiger partial charge in [-0.1, -0.05) is 0 Å². The molecule has 0 spiro atoms. The van der Waals surface area contributed by atoms with Crippen molar-refractivity contribution in [3.8, 4) is 5.75 Å². The molecule has 0 bridgehead atoms. The summed E-state index contributed by atoms with van der Waals surface area (Å²) in [6, 6.07) is 5.09. The first-order valence-corrected chi connectivity index (χ1v) is 6.47. The number of hydrogen-bond donors (Lipinski definition) is 1. The lowest BCUT2D eigenvalue weighted by Gasteiger charge is -2.19. The van der Waals surface area contributed by atoms with E-state index in [2.05, 4.69) is 10.2 Å². The minimum absolute atomic E-state index is 0.132. The highest BCUT2D eigenvalue weighted by Crippen LogP contribution is 2.37. The van der Waals surface area contributed by atoms with Crippen LogP contribution >= 0.6 is 0 Å². The van der Waals surface area contributed by atoms with Gasteiger partial charge in [0.15, 0.2) is 0 Å². The fraction of sp³-hybridized carbons (Fsp3) is 0.538. The molecule has 2 atom stereocenters. The summed E-state index contributed by atoms with van der Waals surface area (Å²) in [5.41, 5.74) is 0.840. The fourth-order valence-corrected chi connectivity index (χ4v) is 3.10. The Hall–Kier alpha value is -1.82. The summed E-state index contributed by atoms with van der Waals surface area (Å²) in [6.07, 6.45) is 0. The van der Waals surface area contributed by atoms with Crippen LogP contribution < -0.4 is 15.0 Å². The molecule has 0 radical (unpaired) electrons. The minimum atomic E-state index is -0.329. The van der Waals surface area contributed by atoms with Gasteiger partial charge < -0.3 is 15.0 Å². The average Bonchev–Trinajstić information content (AvgIpc) is 2.98. The van der Waals surface area contributed by atoms with Gasteiger partial charge in [-0.05, 0) is 24.0 Å². The highest BCUT2D eigenvalue weighted by atomic mass is 16.6. The largest absolute Gasteiger partial charge is 0.496 e. The quantitative estimate of drug-likeness (QED) is 0.657. The number of nitrogens with one attached hydrogen (secondary N) is 1. The SMILES string of the molecule is COc1ccc(N2C[C@H]3CNC[C@H]3C2)c([N+](=O)[O-])c1. The summed E-state index contributed by atoms with van der Waals surface area (Å²) in [5, 5.41) is 14.6. The van der Waals surface area contributed by atoms with E-state index in [1.165, 1.54) is 13.2 Å². The molecule has 0 unspecified atom stereocenters. The Balaban J connectivity index is 1.90. The molecule has 0 saturated carbocycles. The van der Waals surface area contributed by atoms with E-state index in [1.807, 2.05) is 0 Å². The smallest absolute Gasteiger partial charge is 0.296 e. The molecule has 6 heteroatoms. The zero-order chi connectivity index (χ0) is 13.4. The molecule has 102 valence electrons. The predicted octanol–water partition coefficient (Wildman–Crippen LogP) is 1.26. The van der Waals surface area contributed by atoms with Gasteiger partial charge in [0.1, 0.15) is 11.4 Å². The summed E-state index contributed by atoms with van der Waals surface area (Å²) < 4.78 is 5.06. The molecule has 2 aliphatic rings. The fourth-order valence-electron chi connectivity index (χ4n) is 3.10. The lowest BCUT2D eigenvalue weighted by atomic mass is 10.0. The molecule has 3 rings (SSSR count). The molecular formula is C13H17N3O3. The van der Waals surface area contributed by atoms with Crippen LogP contribution in [0.4, 0.5) is 11.4 Å². The van der Waals surface area contributed by atoms with Crippen LogP contribution in [0.3, 0.4) is 0 Å². The van der Waals surface area contributed by atoms with Crippen LogP contribution in [0.25, 0.3) is 0 Å². The van der Waals surface area contributed by atoms with Crippen molar-refractivity contribution < 1.29 is 9.66 Å². The Kier molecular flexibility index (Phi) is 3.02. The Bertz CT molecular complexity index is 494. The number of methoxy groups -OCH3 is 1. The number of ether oxygens (including phenoxy) is 1. The summed E-state index contributed by atoms with van der Waals surface area (Å²) in [5.74, 6) is 1.75. The van der Waals surface area contributed by atoms with E-state index in [1.54, 1.807) is 12.1 Å². The normalized spacial score (nSPS) is 25.4. The molecule has 0 amide bonds. The number of hydrogen-bond acceptors (Lipinski definition) is 5. The molecule has 0 aromatic heterocycles. The topological polar surface area (TPSA) is 67.6 Å². The highest BCUT2D eigenvalue weighted by Gasteiger charge is 2.38. The van der Waals surface area contributed by atoms with Gasteiger partial charge in [-0.15, -0.1) is 0 Å². The second-order valence-electron chi connectivity index (χ2n) is 5.20. The minimum Gasteiger partial charge on any atom is -0.496 e. The molecule has 0 aliphatic carbocycles. The first-order chi connectivity index (χ1) is 9.19. The molecule has 2 aliphatic heterocycles. The van der Waals surface area contributed by atoms with Crippen molar-refractivity contribution >= 4 is 11.4 Å². The van der Waals surface area contributed by atoms with Gasteiger partial charge in [-0.3, -0.25) is 10.1 Å². The zero-order valence-electron chi connectivity index (χ0n) is 10.8. The van der Waals surface area contributed by atoms with Gasteiger partial charge in [-0.2, -0.15) is 0 Å². The molecule has 6 nitrogen and oxygen atoms in total. The van der Waals surface area contributed by atoms with Gasteiger partial charge in [0.2, 0.25) is 0 Å². The molecular weight excluding hydrogens is 246 g/mol. The van der Waals surface area contributed by atoms with Crippen LogP contribution in [0, 0.1) is 22.0 Å². The maximum Gasteiger partial charge on any atom is 0.296 e. The molecule has 2 fully saturated rings. The number of rotatable bonds is 3. The van der Waals surface area contributed by atoms with Crippen molar-refractivity contribution in [1.82, 2.24) is 5.32 Å². The monoisotopic (exact) mass is 263 g/mol. The summed E-state index contributed by atoms with van der Waals surface area (Å²) in [6.45, 7) is 3.83. The maximum atomic E-state index is 11.2. The van der Waals surface area contributed by atoms with Gasteiger partial charge in [0.25, 0.3) is 5.69 Å². The third-order valence-electron chi connectivity index (χ3n) is 4.11.